The van der Waals surface area contributed by atoms with Crippen molar-refractivity contribution in [2.75, 3.05) is 0 Å². The Morgan fingerprint density at radius 1 is 1.53 bits per heavy atom. The van der Waals surface area contributed by atoms with E-state index in [1.54, 1.807) is 0 Å². The molecule has 0 aliphatic heterocycles. The van der Waals surface area contributed by atoms with Crippen LogP contribution in [-0.4, -0.2) is 14.2 Å². The summed E-state index contributed by atoms with van der Waals surface area (Å²) in [6, 6.07) is 9.66. The molecule has 0 fully saturated rings. The fourth-order valence-electron chi connectivity index (χ4n) is 1.34. The number of fused-ring (bicyclic) bond motifs is 1. The Balaban J connectivity index is 2.53. The molecule has 1 N–H and O–H groups in total. The number of H-pyrrole nitrogens is 1. The van der Waals surface area contributed by atoms with E-state index in [-0.39, 0.29) is 0 Å². The van der Waals surface area contributed by atoms with Gasteiger partial charge in [-0.15, -0.1) is 12.6 Å². The van der Waals surface area contributed by atoms with Crippen molar-refractivity contribution < 1.29 is 0 Å². The van der Waals surface area contributed by atoms with Crippen LogP contribution in [0.5, 0.6) is 0 Å². The van der Waals surface area contributed by atoms with E-state index in [4.69, 9.17) is 17.5 Å². The molecule has 0 aliphatic carbocycles. The number of imidazole rings is 1. The number of aromatic nitrogens is 2. The number of nitrogens with zero attached hydrogens (tertiary/aromatic N) is 2. The van der Waals surface area contributed by atoms with Crippen LogP contribution in [0.2, 0.25) is 0 Å². The van der Waals surface area contributed by atoms with E-state index in [0.717, 1.165) is 11.0 Å². The number of hydrogen-bond acceptors (Lipinski definition) is 3. The van der Waals surface area contributed by atoms with Crippen LogP contribution in [0.25, 0.3) is 11.0 Å². The Morgan fingerprint density at radius 3 is 2.87 bits per heavy atom. The van der Waals surface area contributed by atoms with Crippen molar-refractivity contribution in [3.8, 4) is 6.07 Å². The summed E-state index contributed by atoms with van der Waals surface area (Å²) in [5.41, 5.74) is 1.73. The number of hydrogen-bond donors (Lipinski definition) is 2. The maximum atomic E-state index is 8.93. The molecule has 5 heteroatoms. The van der Waals surface area contributed by atoms with Crippen LogP contribution in [0.15, 0.2) is 24.3 Å². The molecular weight excluding hydrogens is 226 g/mol. The highest BCUT2D eigenvalue weighted by atomic mass is 32.1. The van der Waals surface area contributed by atoms with E-state index < -0.39 is 5.92 Å². The van der Waals surface area contributed by atoms with Crippen molar-refractivity contribution in [2.24, 2.45) is 0 Å². The molecule has 1 aromatic carbocycles. The fraction of sp³-hybridized carbons (Fsp3) is 0.100. The third-order valence-electron chi connectivity index (χ3n) is 2.06. The smallest absolute Gasteiger partial charge is 0.145 e. The molecule has 1 atom stereocenters. The number of para-hydroxylation sites is 2. The van der Waals surface area contributed by atoms with Gasteiger partial charge < -0.3 is 4.98 Å². The first kappa shape index (κ1) is 10.1. The number of benzene rings is 1. The Labute approximate surface area is 97.5 Å². The zero-order valence-electron chi connectivity index (χ0n) is 7.64. The fourth-order valence-corrected chi connectivity index (χ4v) is 1.69. The molecule has 2 rings (SSSR count). The van der Waals surface area contributed by atoms with Crippen LogP contribution >= 0.6 is 24.8 Å². The van der Waals surface area contributed by atoms with Gasteiger partial charge >= 0.3 is 0 Å². The third-order valence-corrected chi connectivity index (χ3v) is 2.55. The van der Waals surface area contributed by atoms with E-state index in [1.807, 2.05) is 24.3 Å². The van der Waals surface area contributed by atoms with Gasteiger partial charge in [-0.25, -0.2) is 4.98 Å². The van der Waals surface area contributed by atoms with Crippen molar-refractivity contribution in [2.45, 2.75) is 5.92 Å². The maximum absolute atomic E-state index is 8.93. The number of thiocarbonyl (C=S) groups is 1. The van der Waals surface area contributed by atoms with Gasteiger partial charge in [0.1, 0.15) is 11.7 Å². The largest absolute Gasteiger partial charge is 0.341 e. The Kier molecular flexibility index (Phi) is 2.71. The number of rotatable bonds is 2. The second-order valence-corrected chi connectivity index (χ2v) is 4.26. The zero-order chi connectivity index (χ0) is 10.8. The standard InChI is InChI=1S/C10H7N3S2/c11-5-6(10(14)15)9-12-7-3-1-2-4-8(7)13-9/h1-4,6H,(H,12,13)(H,14,15). The maximum Gasteiger partial charge on any atom is 0.145 e. The molecule has 0 amide bonds. The van der Waals surface area contributed by atoms with Gasteiger partial charge in [0.05, 0.1) is 21.3 Å². The van der Waals surface area contributed by atoms with Gasteiger partial charge in [-0.05, 0) is 12.1 Å². The minimum atomic E-state index is -0.560. The van der Waals surface area contributed by atoms with Crippen LogP contribution in [0, 0.1) is 11.3 Å². The Hall–Kier alpha value is -1.38. The number of thiol groups is 1. The molecule has 15 heavy (non-hydrogen) atoms. The molecule has 3 nitrogen and oxygen atoms in total. The first-order valence-corrected chi connectivity index (χ1v) is 5.15. The number of nitriles is 1. The molecule has 0 radical (unpaired) electrons. The zero-order valence-corrected chi connectivity index (χ0v) is 9.35. The van der Waals surface area contributed by atoms with Gasteiger partial charge in [-0.2, -0.15) is 5.26 Å². The monoisotopic (exact) mass is 233 g/mol. The quantitative estimate of drug-likeness (QED) is 0.618. The van der Waals surface area contributed by atoms with Crippen molar-refractivity contribution in [3.05, 3.63) is 30.1 Å². The summed E-state index contributed by atoms with van der Waals surface area (Å²) in [6.45, 7) is 0. The Bertz CT molecular complexity index is 520. The summed E-state index contributed by atoms with van der Waals surface area (Å²) in [5.74, 6) is -0.00515. The first-order valence-electron chi connectivity index (χ1n) is 4.29. The Morgan fingerprint density at radius 2 is 2.27 bits per heavy atom. The summed E-state index contributed by atoms with van der Waals surface area (Å²) < 4.78 is 0.330. The second-order valence-electron chi connectivity index (χ2n) is 3.04. The van der Waals surface area contributed by atoms with E-state index in [2.05, 4.69) is 28.7 Å². The normalized spacial score (nSPS) is 12.3. The van der Waals surface area contributed by atoms with Gasteiger partial charge in [0.15, 0.2) is 0 Å². The van der Waals surface area contributed by atoms with Gasteiger partial charge in [0.2, 0.25) is 0 Å². The molecule has 0 aliphatic rings. The summed E-state index contributed by atoms with van der Waals surface area (Å²) in [6.07, 6.45) is 0. The van der Waals surface area contributed by atoms with E-state index >= 15 is 0 Å². The highest BCUT2D eigenvalue weighted by Crippen LogP contribution is 2.19. The van der Waals surface area contributed by atoms with Crippen LogP contribution in [-0.2, 0) is 0 Å². The number of aromatic amines is 1. The predicted molar refractivity (Wildman–Crippen MR) is 66.0 cm³/mol. The molecule has 0 spiro atoms. The molecule has 0 saturated carbocycles. The lowest BCUT2D eigenvalue weighted by Gasteiger charge is -2.00. The first-order chi connectivity index (χ1) is 7.22. The highest BCUT2D eigenvalue weighted by Gasteiger charge is 2.17. The lowest BCUT2D eigenvalue weighted by atomic mass is 10.2. The molecule has 1 unspecified atom stereocenters. The van der Waals surface area contributed by atoms with Gasteiger partial charge in [0, 0.05) is 0 Å². The molecular formula is C10H7N3S2. The van der Waals surface area contributed by atoms with Crippen molar-refractivity contribution in [1.82, 2.24) is 9.97 Å². The highest BCUT2D eigenvalue weighted by molar-refractivity contribution is 8.11. The van der Waals surface area contributed by atoms with E-state index in [0.29, 0.717) is 10.0 Å². The van der Waals surface area contributed by atoms with Crippen LogP contribution in [0.1, 0.15) is 11.7 Å². The molecule has 1 aromatic heterocycles. The summed E-state index contributed by atoms with van der Waals surface area (Å²) >= 11 is 8.90. The third kappa shape index (κ3) is 1.87. The lowest BCUT2D eigenvalue weighted by Crippen LogP contribution is -2.04. The lowest BCUT2D eigenvalue weighted by molar-refractivity contribution is 1.03. The minimum absolute atomic E-state index is 0.330. The topological polar surface area (TPSA) is 52.5 Å². The van der Waals surface area contributed by atoms with Crippen molar-refractivity contribution in [3.63, 3.8) is 0 Å². The van der Waals surface area contributed by atoms with E-state index in [9.17, 15) is 0 Å². The van der Waals surface area contributed by atoms with E-state index in [1.165, 1.54) is 0 Å². The molecule has 0 saturated heterocycles. The summed E-state index contributed by atoms with van der Waals surface area (Å²) in [7, 11) is 0. The average molecular weight is 233 g/mol. The minimum Gasteiger partial charge on any atom is -0.341 e. The van der Waals surface area contributed by atoms with Crippen LogP contribution in [0.4, 0.5) is 0 Å². The molecule has 1 heterocycles. The average Bonchev–Trinajstić information content (AvgIpc) is 2.61. The SMILES string of the molecule is N#CC(C(=S)S)c1nc2ccccc2[nH]1. The molecule has 2 aromatic rings. The summed E-state index contributed by atoms with van der Waals surface area (Å²) in [4.78, 5) is 7.35. The van der Waals surface area contributed by atoms with Gasteiger partial charge in [-0.1, -0.05) is 24.4 Å². The van der Waals surface area contributed by atoms with Gasteiger partial charge in [-0.3, -0.25) is 0 Å². The second kappa shape index (κ2) is 4.01. The molecule has 74 valence electrons. The molecule has 0 bridgehead atoms. The van der Waals surface area contributed by atoms with Gasteiger partial charge in [0.25, 0.3) is 0 Å². The number of nitrogens with one attached hydrogen (secondary N) is 1. The predicted octanol–water partition coefficient (Wildman–Crippen LogP) is 2.43. The van der Waals surface area contributed by atoms with Crippen LogP contribution in [0.3, 0.4) is 0 Å². The van der Waals surface area contributed by atoms with Crippen molar-refractivity contribution >= 4 is 40.1 Å². The van der Waals surface area contributed by atoms with Crippen LogP contribution < -0.4 is 0 Å². The summed E-state index contributed by atoms with van der Waals surface area (Å²) in [5, 5.41) is 8.93. The van der Waals surface area contributed by atoms with Crippen molar-refractivity contribution in [1.29, 1.82) is 5.26 Å².